The highest BCUT2D eigenvalue weighted by atomic mass is 32.2. The minimum Gasteiger partial charge on any atom is -0.477 e. The fourth-order valence-corrected chi connectivity index (χ4v) is 4.62. The number of hydrogen-bond donors (Lipinski definition) is 2. The highest BCUT2D eigenvalue weighted by Gasteiger charge is 2.33. The number of alkyl halides is 3. The zero-order valence-electron chi connectivity index (χ0n) is 13.8. The van der Waals surface area contributed by atoms with Crippen LogP contribution in [0.3, 0.4) is 0 Å². The molecule has 2 aromatic heterocycles. The van der Waals surface area contributed by atoms with Gasteiger partial charge in [-0.15, -0.1) is 11.3 Å². The van der Waals surface area contributed by atoms with E-state index >= 15 is 0 Å². The van der Waals surface area contributed by atoms with Crippen LogP contribution in [0.4, 0.5) is 18.2 Å². The summed E-state index contributed by atoms with van der Waals surface area (Å²) < 4.78 is 71.1. The highest BCUT2D eigenvalue weighted by molar-refractivity contribution is 7.93. The minimum absolute atomic E-state index is 0.0578. The van der Waals surface area contributed by atoms with Gasteiger partial charge in [-0.3, -0.25) is 4.72 Å². The molecular weight excluding hydrogens is 423 g/mol. The number of aromatic carboxylic acids is 1. The van der Waals surface area contributed by atoms with E-state index in [0.29, 0.717) is 6.07 Å². The average Bonchev–Trinajstić information content (AvgIpc) is 2.93. The van der Waals surface area contributed by atoms with E-state index in [2.05, 4.69) is 4.72 Å². The van der Waals surface area contributed by atoms with Crippen molar-refractivity contribution < 1.29 is 35.9 Å². The average molecular weight is 433 g/mol. The van der Waals surface area contributed by atoms with E-state index in [4.69, 9.17) is 9.52 Å². The normalized spacial score (nSPS) is 12.3. The standard InChI is InChI=1S/C16H10F3NO6S2/c1-7-2-3-8(4-10(7)16(17,18)19)28(24,25)20-13-6-11-12(27-13)5-9(14(21)22)15(23)26-11/h2-6,20H,1H3,(H,21,22). The third-order valence-corrected chi connectivity index (χ3v) is 6.18. The number of sulfonamides is 1. The molecule has 12 heteroatoms. The smallest absolute Gasteiger partial charge is 0.416 e. The summed E-state index contributed by atoms with van der Waals surface area (Å²) in [7, 11) is -4.37. The van der Waals surface area contributed by atoms with Crippen molar-refractivity contribution in [2.45, 2.75) is 18.0 Å². The van der Waals surface area contributed by atoms with E-state index in [1.807, 2.05) is 0 Å². The van der Waals surface area contributed by atoms with Crippen LogP contribution in [-0.2, 0) is 16.2 Å². The molecule has 28 heavy (non-hydrogen) atoms. The number of thiophene rings is 1. The molecule has 0 saturated heterocycles. The third-order valence-electron chi connectivity index (χ3n) is 3.71. The van der Waals surface area contributed by atoms with Crippen LogP contribution in [0.25, 0.3) is 10.3 Å². The Morgan fingerprint density at radius 1 is 1.21 bits per heavy atom. The largest absolute Gasteiger partial charge is 0.477 e. The summed E-state index contributed by atoms with van der Waals surface area (Å²) in [6, 6.07) is 4.76. The lowest BCUT2D eigenvalue weighted by atomic mass is 10.1. The Hall–Kier alpha value is -2.86. The van der Waals surface area contributed by atoms with Crippen LogP contribution in [0.5, 0.6) is 0 Å². The molecule has 0 aliphatic heterocycles. The SMILES string of the molecule is Cc1ccc(S(=O)(=O)Nc2cc3oc(=O)c(C(=O)O)cc3s2)cc1C(F)(F)F. The number of rotatable bonds is 4. The van der Waals surface area contributed by atoms with Crippen LogP contribution in [0.15, 0.2) is 44.4 Å². The summed E-state index contributed by atoms with van der Waals surface area (Å²) in [6.07, 6.45) is -4.72. The van der Waals surface area contributed by atoms with Crippen molar-refractivity contribution >= 4 is 42.6 Å². The number of aryl methyl sites for hydroxylation is 1. The summed E-state index contributed by atoms with van der Waals surface area (Å²) in [5.74, 6) is -1.51. The van der Waals surface area contributed by atoms with Gasteiger partial charge < -0.3 is 9.52 Å². The Morgan fingerprint density at radius 3 is 2.50 bits per heavy atom. The maximum absolute atomic E-state index is 13.0. The molecule has 0 aliphatic rings. The van der Waals surface area contributed by atoms with Crippen LogP contribution in [0, 0.1) is 6.92 Å². The van der Waals surface area contributed by atoms with Gasteiger partial charge in [-0.2, -0.15) is 13.2 Å². The lowest BCUT2D eigenvalue weighted by Crippen LogP contribution is -2.15. The zero-order chi connectivity index (χ0) is 20.9. The van der Waals surface area contributed by atoms with E-state index < -0.39 is 43.8 Å². The van der Waals surface area contributed by atoms with Crippen molar-refractivity contribution in [3.63, 3.8) is 0 Å². The number of halogens is 3. The minimum atomic E-state index is -4.72. The van der Waals surface area contributed by atoms with Crippen molar-refractivity contribution in [2.75, 3.05) is 4.72 Å². The van der Waals surface area contributed by atoms with Gasteiger partial charge in [-0.05, 0) is 30.7 Å². The Labute approximate surface area is 159 Å². The highest BCUT2D eigenvalue weighted by Crippen LogP contribution is 2.35. The van der Waals surface area contributed by atoms with Gasteiger partial charge in [0, 0.05) is 6.07 Å². The number of hydrogen-bond acceptors (Lipinski definition) is 6. The van der Waals surface area contributed by atoms with E-state index in [9.17, 15) is 31.2 Å². The maximum atomic E-state index is 13.0. The van der Waals surface area contributed by atoms with E-state index in [1.54, 1.807) is 0 Å². The molecule has 7 nitrogen and oxygen atoms in total. The summed E-state index contributed by atoms with van der Waals surface area (Å²) in [5.41, 5.74) is -3.00. The monoisotopic (exact) mass is 433 g/mol. The molecular formula is C16H10F3NO6S2. The molecule has 3 rings (SSSR count). The van der Waals surface area contributed by atoms with Gasteiger partial charge >= 0.3 is 17.8 Å². The molecule has 0 aliphatic carbocycles. The first kappa shape index (κ1) is 19.9. The van der Waals surface area contributed by atoms with Crippen LogP contribution in [0.2, 0.25) is 0 Å². The molecule has 2 heterocycles. The molecule has 0 fully saturated rings. The summed E-state index contributed by atoms with van der Waals surface area (Å²) in [6.45, 7) is 1.21. The van der Waals surface area contributed by atoms with E-state index in [1.165, 1.54) is 6.92 Å². The Balaban J connectivity index is 2.01. The molecule has 0 radical (unpaired) electrons. The first-order chi connectivity index (χ1) is 12.9. The predicted molar refractivity (Wildman–Crippen MR) is 94.3 cm³/mol. The lowest BCUT2D eigenvalue weighted by molar-refractivity contribution is -0.138. The van der Waals surface area contributed by atoms with Crippen molar-refractivity contribution in [2.24, 2.45) is 0 Å². The van der Waals surface area contributed by atoms with Gasteiger partial charge in [0.15, 0.2) is 5.58 Å². The first-order valence-electron chi connectivity index (χ1n) is 7.40. The van der Waals surface area contributed by atoms with Gasteiger partial charge in [0.2, 0.25) is 0 Å². The summed E-state index contributed by atoms with van der Waals surface area (Å²) >= 11 is 0.764. The number of benzene rings is 1. The lowest BCUT2D eigenvalue weighted by Gasteiger charge is -2.12. The number of fused-ring (bicyclic) bond motifs is 1. The number of carbonyl (C=O) groups is 1. The fourth-order valence-electron chi connectivity index (χ4n) is 2.38. The Morgan fingerprint density at radius 2 is 1.89 bits per heavy atom. The molecule has 3 aromatic rings. The van der Waals surface area contributed by atoms with Crippen molar-refractivity contribution in [3.05, 3.63) is 57.4 Å². The predicted octanol–water partition coefficient (Wildman–Crippen LogP) is 3.68. The van der Waals surface area contributed by atoms with Gasteiger partial charge in [-0.25, -0.2) is 18.0 Å². The number of carboxylic acid groups (broad SMARTS) is 1. The van der Waals surface area contributed by atoms with Gasteiger partial charge in [0.25, 0.3) is 10.0 Å². The fraction of sp³-hybridized carbons (Fsp3) is 0.125. The van der Waals surface area contributed by atoms with E-state index in [-0.39, 0.29) is 20.8 Å². The molecule has 0 saturated carbocycles. The topological polar surface area (TPSA) is 114 Å². The molecule has 148 valence electrons. The second-order valence-electron chi connectivity index (χ2n) is 5.67. The molecule has 0 atom stereocenters. The van der Waals surface area contributed by atoms with Crippen molar-refractivity contribution in [3.8, 4) is 0 Å². The first-order valence-corrected chi connectivity index (χ1v) is 9.70. The van der Waals surface area contributed by atoms with Crippen LogP contribution < -0.4 is 10.3 Å². The zero-order valence-corrected chi connectivity index (χ0v) is 15.5. The number of nitrogens with one attached hydrogen (secondary N) is 1. The Bertz CT molecular complexity index is 1260. The molecule has 0 unspecified atom stereocenters. The van der Waals surface area contributed by atoms with Gasteiger partial charge in [0.05, 0.1) is 15.2 Å². The second kappa shape index (κ2) is 6.63. The van der Waals surface area contributed by atoms with Gasteiger partial charge in [-0.1, -0.05) is 6.07 Å². The van der Waals surface area contributed by atoms with E-state index in [0.717, 1.165) is 35.6 Å². The molecule has 2 N–H and O–H groups in total. The van der Waals surface area contributed by atoms with Crippen molar-refractivity contribution in [1.82, 2.24) is 0 Å². The maximum Gasteiger partial charge on any atom is 0.416 e. The van der Waals surface area contributed by atoms with Crippen LogP contribution >= 0.6 is 11.3 Å². The quantitative estimate of drug-likeness (QED) is 0.649. The number of anilines is 1. The molecule has 0 amide bonds. The van der Waals surface area contributed by atoms with Crippen molar-refractivity contribution in [1.29, 1.82) is 0 Å². The third kappa shape index (κ3) is 3.73. The second-order valence-corrected chi connectivity index (χ2v) is 8.44. The Kier molecular flexibility index (Phi) is 4.71. The van der Waals surface area contributed by atoms with Crippen LogP contribution in [0.1, 0.15) is 21.5 Å². The van der Waals surface area contributed by atoms with Gasteiger partial charge in [0.1, 0.15) is 10.6 Å². The molecule has 0 bridgehead atoms. The molecule has 1 aromatic carbocycles. The summed E-state index contributed by atoms with van der Waals surface area (Å²) in [5, 5.41) is 8.86. The molecule has 0 spiro atoms. The van der Waals surface area contributed by atoms with Crippen LogP contribution in [-0.4, -0.2) is 19.5 Å². The summed E-state index contributed by atoms with van der Waals surface area (Å²) in [4.78, 5) is 21.9. The number of carboxylic acids is 1.